The van der Waals surface area contributed by atoms with Crippen LogP contribution in [0.3, 0.4) is 0 Å². The Morgan fingerprint density at radius 1 is 1.27 bits per heavy atom. The van der Waals surface area contributed by atoms with Crippen molar-refractivity contribution in [2.75, 3.05) is 18.5 Å². The molecule has 2 aromatic carbocycles. The molecule has 0 radical (unpaired) electrons. The predicted molar refractivity (Wildman–Crippen MR) is 84.3 cm³/mol. The minimum atomic E-state index is -0.777. The van der Waals surface area contributed by atoms with Crippen LogP contribution in [0.15, 0.2) is 48.5 Å². The summed E-state index contributed by atoms with van der Waals surface area (Å²) in [6, 6.07) is 13.8. The molecule has 1 unspecified atom stereocenters. The van der Waals surface area contributed by atoms with Gasteiger partial charge < -0.3 is 15.2 Å². The summed E-state index contributed by atoms with van der Waals surface area (Å²) >= 11 is 0. The van der Waals surface area contributed by atoms with Gasteiger partial charge in [-0.1, -0.05) is 24.3 Å². The number of anilines is 1. The van der Waals surface area contributed by atoms with Crippen molar-refractivity contribution in [2.45, 2.75) is 13.0 Å². The summed E-state index contributed by atoms with van der Waals surface area (Å²) in [5, 5.41) is 23.7. The molecule has 116 valence electrons. The molecule has 1 atom stereocenters. The molecule has 2 aromatic rings. The van der Waals surface area contributed by atoms with E-state index >= 15 is 0 Å². The maximum atomic E-state index is 10.9. The van der Waals surface area contributed by atoms with Gasteiger partial charge in [-0.3, -0.25) is 10.1 Å². The van der Waals surface area contributed by atoms with Crippen molar-refractivity contribution in [3.8, 4) is 5.75 Å². The van der Waals surface area contributed by atoms with Crippen LogP contribution in [0.1, 0.15) is 5.56 Å². The highest BCUT2D eigenvalue weighted by Crippen LogP contribution is 2.23. The molecule has 0 fully saturated rings. The number of nitrogens with one attached hydrogen (secondary N) is 1. The van der Waals surface area contributed by atoms with Gasteiger partial charge in [0.05, 0.1) is 4.92 Å². The summed E-state index contributed by atoms with van der Waals surface area (Å²) in [6.07, 6.45) is -0.777. The molecular weight excluding hydrogens is 284 g/mol. The normalized spacial score (nSPS) is 11.7. The number of hydrogen-bond donors (Lipinski definition) is 2. The average Bonchev–Trinajstić information content (AvgIpc) is 2.51. The first-order valence-electron chi connectivity index (χ1n) is 6.91. The van der Waals surface area contributed by atoms with Gasteiger partial charge in [-0.25, -0.2) is 0 Å². The first-order valence-corrected chi connectivity index (χ1v) is 6.91. The van der Waals surface area contributed by atoms with Crippen LogP contribution in [0.4, 0.5) is 11.4 Å². The number of para-hydroxylation sites is 2. The third-order valence-corrected chi connectivity index (χ3v) is 3.06. The Morgan fingerprint density at radius 2 is 2.05 bits per heavy atom. The molecule has 6 nitrogen and oxygen atoms in total. The number of nitro groups is 1. The van der Waals surface area contributed by atoms with Crippen LogP contribution in [0.25, 0.3) is 0 Å². The molecule has 0 heterocycles. The highest BCUT2D eigenvalue weighted by atomic mass is 16.6. The van der Waals surface area contributed by atoms with E-state index < -0.39 is 11.0 Å². The maximum Gasteiger partial charge on any atom is 0.292 e. The number of benzene rings is 2. The lowest BCUT2D eigenvalue weighted by Crippen LogP contribution is -2.26. The number of aryl methyl sites for hydroxylation is 1. The highest BCUT2D eigenvalue weighted by Gasteiger charge is 2.13. The van der Waals surface area contributed by atoms with Crippen molar-refractivity contribution in [3.05, 3.63) is 64.2 Å². The van der Waals surface area contributed by atoms with Gasteiger partial charge in [0.25, 0.3) is 5.69 Å². The fourth-order valence-corrected chi connectivity index (χ4v) is 1.97. The molecule has 6 heteroatoms. The molecule has 0 spiro atoms. The number of nitrogens with zero attached hydrogens (tertiary/aromatic N) is 1. The number of ether oxygens (including phenoxy) is 1. The smallest absolute Gasteiger partial charge is 0.292 e. The zero-order valence-corrected chi connectivity index (χ0v) is 12.2. The summed E-state index contributed by atoms with van der Waals surface area (Å²) in [6.45, 7) is 2.23. The van der Waals surface area contributed by atoms with E-state index in [1.807, 2.05) is 31.2 Å². The third kappa shape index (κ3) is 4.46. The molecule has 0 amide bonds. The molecule has 0 aliphatic rings. The first kappa shape index (κ1) is 15.8. The Bertz CT molecular complexity index is 646. The van der Waals surface area contributed by atoms with Gasteiger partial charge in [0.1, 0.15) is 24.1 Å². The van der Waals surface area contributed by atoms with Gasteiger partial charge >= 0.3 is 0 Å². The highest BCUT2D eigenvalue weighted by molar-refractivity contribution is 5.61. The van der Waals surface area contributed by atoms with Gasteiger partial charge in [0, 0.05) is 12.6 Å². The molecule has 2 rings (SSSR count). The fourth-order valence-electron chi connectivity index (χ4n) is 1.97. The van der Waals surface area contributed by atoms with Gasteiger partial charge in [0.15, 0.2) is 0 Å². The monoisotopic (exact) mass is 302 g/mol. The van der Waals surface area contributed by atoms with Gasteiger partial charge in [0.2, 0.25) is 0 Å². The summed E-state index contributed by atoms with van der Waals surface area (Å²) in [5.41, 5.74) is 1.43. The molecule has 2 N–H and O–H groups in total. The van der Waals surface area contributed by atoms with Crippen molar-refractivity contribution in [1.82, 2.24) is 0 Å². The Kier molecular flexibility index (Phi) is 5.32. The van der Waals surface area contributed by atoms with E-state index in [2.05, 4.69) is 5.32 Å². The summed E-state index contributed by atoms with van der Waals surface area (Å²) in [4.78, 5) is 10.4. The number of rotatable bonds is 7. The van der Waals surface area contributed by atoms with Crippen molar-refractivity contribution >= 4 is 11.4 Å². The molecule has 22 heavy (non-hydrogen) atoms. The van der Waals surface area contributed by atoms with Crippen molar-refractivity contribution in [3.63, 3.8) is 0 Å². The van der Waals surface area contributed by atoms with E-state index in [0.29, 0.717) is 11.4 Å². The Labute approximate surface area is 128 Å². The van der Waals surface area contributed by atoms with E-state index in [9.17, 15) is 15.2 Å². The molecule has 0 saturated carbocycles. The lowest BCUT2D eigenvalue weighted by atomic mass is 10.2. The molecule has 0 bridgehead atoms. The summed E-state index contributed by atoms with van der Waals surface area (Å²) < 4.78 is 5.49. The van der Waals surface area contributed by atoms with Crippen LogP contribution in [0.2, 0.25) is 0 Å². The van der Waals surface area contributed by atoms with E-state index in [-0.39, 0.29) is 18.8 Å². The minimum absolute atomic E-state index is 0.0192. The standard InChI is InChI=1S/C16H18N2O4/c1-12-5-4-6-14(9-12)22-11-13(19)10-17-15-7-2-3-8-16(15)18(20)21/h2-9,13,17,19H,10-11H2,1H3. The van der Waals surface area contributed by atoms with Gasteiger partial charge in [-0.15, -0.1) is 0 Å². The van der Waals surface area contributed by atoms with Crippen LogP contribution in [-0.4, -0.2) is 29.3 Å². The van der Waals surface area contributed by atoms with Crippen LogP contribution in [-0.2, 0) is 0 Å². The first-order chi connectivity index (χ1) is 10.6. The second-order valence-electron chi connectivity index (χ2n) is 4.94. The average molecular weight is 302 g/mol. The molecule has 0 aliphatic heterocycles. The molecule has 0 aromatic heterocycles. The maximum absolute atomic E-state index is 10.9. The number of nitro benzene ring substituents is 1. The lowest BCUT2D eigenvalue weighted by Gasteiger charge is -2.14. The SMILES string of the molecule is Cc1cccc(OCC(O)CNc2ccccc2[N+](=O)[O-])c1. The Balaban J connectivity index is 1.85. The van der Waals surface area contributed by atoms with E-state index in [1.54, 1.807) is 18.2 Å². The number of aliphatic hydroxyl groups excluding tert-OH is 1. The summed E-state index contributed by atoms with van der Waals surface area (Å²) in [7, 11) is 0. The van der Waals surface area contributed by atoms with E-state index in [1.165, 1.54) is 6.07 Å². The van der Waals surface area contributed by atoms with Crippen molar-refractivity contribution in [2.24, 2.45) is 0 Å². The fraction of sp³-hybridized carbons (Fsp3) is 0.250. The second kappa shape index (κ2) is 7.42. The molecule has 0 aliphatic carbocycles. The Morgan fingerprint density at radius 3 is 2.77 bits per heavy atom. The van der Waals surface area contributed by atoms with Gasteiger partial charge in [-0.2, -0.15) is 0 Å². The van der Waals surface area contributed by atoms with Crippen molar-refractivity contribution < 1.29 is 14.8 Å². The Hall–Kier alpha value is -2.60. The molecule has 0 saturated heterocycles. The number of aliphatic hydroxyl groups is 1. The zero-order chi connectivity index (χ0) is 15.9. The van der Waals surface area contributed by atoms with Crippen LogP contribution in [0, 0.1) is 17.0 Å². The van der Waals surface area contributed by atoms with E-state index in [0.717, 1.165) is 5.56 Å². The molecular formula is C16H18N2O4. The lowest BCUT2D eigenvalue weighted by molar-refractivity contribution is -0.384. The van der Waals surface area contributed by atoms with Gasteiger partial charge in [-0.05, 0) is 30.7 Å². The van der Waals surface area contributed by atoms with Crippen molar-refractivity contribution in [1.29, 1.82) is 0 Å². The topological polar surface area (TPSA) is 84.6 Å². The zero-order valence-electron chi connectivity index (χ0n) is 12.2. The van der Waals surface area contributed by atoms with E-state index in [4.69, 9.17) is 4.74 Å². The largest absolute Gasteiger partial charge is 0.491 e. The quantitative estimate of drug-likeness (QED) is 0.607. The second-order valence-corrected chi connectivity index (χ2v) is 4.94. The number of hydrogen-bond acceptors (Lipinski definition) is 5. The minimum Gasteiger partial charge on any atom is -0.491 e. The van der Waals surface area contributed by atoms with Crippen LogP contribution >= 0.6 is 0 Å². The third-order valence-electron chi connectivity index (χ3n) is 3.06. The summed E-state index contributed by atoms with van der Waals surface area (Å²) in [5.74, 6) is 0.685. The van der Waals surface area contributed by atoms with Crippen LogP contribution in [0.5, 0.6) is 5.75 Å². The predicted octanol–water partition coefficient (Wildman–Crippen LogP) is 2.76. The van der Waals surface area contributed by atoms with Crippen LogP contribution < -0.4 is 10.1 Å².